The van der Waals surface area contributed by atoms with Crippen LogP contribution in [0.5, 0.6) is 0 Å². The predicted molar refractivity (Wildman–Crippen MR) is 86.7 cm³/mol. The number of hydrogen-bond acceptors (Lipinski definition) is 1. The van der Waals surface area contributed by atoms with Gasteiger partial charge < -0.3 is 5.32 Å². The molecule has 1 unspecified atom stereocenters. The molecule has 1 atom stereocenters. The van der Waals surface area contributed by atoms with E-state index < -0.39 is 0 Å². The highest BCUT2D eigenvalue weighted by atomic mass is 79.9. The van der Waals surface area contributed by atoms with Crippen molar-refractivity contribution in [3.63, 3.8) is 0 Å². The van der Waals surface area contributed by atoms with Gasteiger partial charge in [-0.05, 0) is 55.2 Å². The van der Waals surface area contributed by atoms with Gasteiger partial charge in [-0.2, -0.15) is 0 Å². The largest absolute Gasteiger partial charge is 0.378 e. The summed E-state index contributed by atoms with van der Waals surface area (Å²) in [5.41, 5.74) is 5.25. The smallest absolute Gasteiger partial charge is 0.0488 e. The molecule has 1 nitrogen and oxygen atoms in total. The molecular formula is C17H20BrN. The van der Waals surface area contributed by atoms with Crippen LogP contribution in [0.1, 0.15) is 36.6 Å². The average Bonchev–Trinajstić information content (AvgIpc) is 2.41. The van der Waals surface area contributed by atoms with Gasteiger partial charge in [0.05, 0.1) is 0 Å². The number of hydrogen-bond donors (Lipinski definition) is 1. The minimum absolute atomic E-state index is 0.313. The van der Waals surface area contributed by atoms with Gasteiger partial charge in [-0.1, -0.05) is 47.1 Å². The number of rotatable bonds is 4. The molecule has 0 aliphatic carbocycles. The van der Waals surface area contributed by atoms with Gasteiger partial charge >= 0.3 is 0 Å². The lowest BCUT2D eigenvalue weighted by atomic mass is 10.0. The Balaban J connectivity index is 2.24. The average molecular weight is 318 g/mol. The molecule has 1 N–H and O–H groups in total. The Bertz CT molecular complexity index is 563. The van der Waals surface area contributed by atoms with Crippen molar-refractivity contribution in [2.24, 2.45) is 0 Å². The number of benzene rings is 2. The summed E-state index contributed by atoms with van der Waals surface area (Å²) in [5, 5.41) is 3.62. The first-order valence-electron chi connectivity index (χ1n) is 6.72. The van der Waals surface area contributed by atoms with Crippen molar-refractivity contribution in [2.75, 3.05) is 5.32 Å². The Labute approximate surface area is 124 Å². The summed E-state index contributed by atoms with van der Waals surface area (Å²) in [5.74, 6) is 0. The molecule has 0 saturated heterocycles. The van der Waals surface area contributed by atoms with Crippen LogP contribution in [-0.4, -0.2) is 0 Å². The third kappa shape index (κ3) is 3.38. The van der Waals surface area contributed by atoms with Crippen molar-refractivity contribution in [1.29, 1.82) is 0 Å². The zero-order valence-electron chi connectivity index (χ0n) is 11.7. The van der Waals surface area contributed by atoms with Gasteiger partial charge in [-0.15, -0.1) is 0 Å². The number of halogens is 1. The van der Waals surface area contributed by atoms with E-state index in [2.05, 4.69) is 84.5 Å². The SMILES string of the molecule is CCc1cc(Br)ccc1NC(C)c1ccccc1C. The fraction of sp³-hybridized carbons (Fsp3) is 0.294. The van der Waals surface area contributed by atoms with E-state index >= 15 is 0 Å². The van der Waals surface area contributed by atoms with E-state index in [1.807, 2.05) is 0 Å². The molecule has 19 heavy (non-hydrogen) atoms. The molecule has 2 aromatic carbocycles. The van der Waals surface area contributed by atoms with Crippen LogP contribution < -0.4 is 5.32 Å². The Morgan fingerprint density at radius 1 is 1.16 bits per heavy atom. The fourth-order valence-electron chi connectivity index (χ4n) is 2.38. The predicted octanol–water partition coefficient (Wildman–Crippen LogP) is 5.49. The third-order valence-corrected chi connectivity index (χ3v) is 3.97. The lowest BCUT2D eigenvalue weighted by molar-refractivity contribution is 0.869. The van der Waals surface area contributed by atoms with Gasteiger partial charge in [0.15, 0.2) is 0 Å². The standard InChI is InChI=1S/C17H20BrN/c1-4-14-11-15(18)9-10-17(14)19-13(3)16-8-6-5-7-12(16)2/h5-11,13,19H,4H2,1-3H3. The van der Waals surface area contributed by atoms with Crippen LogP contribution in [0.4, 0.5) is 5.69 Å². The van der Waals surface area contributed by atoms with E-state index in [0.717, 1.165) is 10.9 Å². The zero-order valence-corrected chi connectivity index (χ0v) is 13.3. The van der Waals surface area contributed by atoms with Gasteiger partial charge in [-0.25, -0.2) is 0 Å². The minimum atomic E-state index is 0.313. The highest BCUT2D eigenvalue weighted by Crippen LogP contribution is 2.26. The monoisotopic (exact) mass is 317 g/mol. The van der Waals surface area contributed by atoms with Gasteiger partial charge in [0, 0.05) is 16.2 Å². The summed E-state index contributed by atoms with van der Waals surface area (Å²) in [6, 6.07) is 15.3. The maximum absolute atomic E-state index is 3.62. The second kappa shape index (κ2) is 6.25. The second-order valence-corrected chi connectivity index (χ2v) is 5.79. The van der Waals surface area contributed by atoms with E-state index in [0.29, 0.717) is 6.04 Å². The molecular weight excluding hydrogens is 298 g/mol. The van der Waals surface area contributed by atoms with Crippen molar-refractivity contribution in [2.45, 2.75) is 33.2 Å². The lowest BCUT2D eigenvalue weighted by Gasteiger charge is -2.20. The van der Waals surface area contributed by atoms with Gasteiger partial charge in [0.1, 0.15) is 0 Å². The highest BCUT2D eigenvalue weighted by Gasteiger charge is 2.09. The van der Waals surface area contributed by atoms with Crippen LogP contribution in [-0.2, 0) is 6.42 Å². The molecule has 0 aliphatic rings. The first-order valence-corrected chi connectivity index (χ1v) is 7.51. The quantitative estimate of drug-likeness (QED) is 0.785. The minimum Gasteiger partial charge on any atom is -0.378 e. The zero-order chi connectivity index (χ0) is 13.8. The lowest BCUT2D eigenvalue weighted by Crippen LogP contribution is -2.09. The Morgan fingerprint density at radius 2 is 1.89 bits per heavy atom. The fourth-order valence-corrected chi connectivity index (χ4v) is 2.79. The molecule has 2 rings (SSSR count). The summed E-state index contributed by atoms with van der Waals surface area (Å²) in [6.45, 7) is 6.56. The van der Waals surface area contributed by atoms with E-state index in [4.69, 9.17) is 0 Å². The van der Waals surface area contributed by atoms with Crippen LogP contribution in [0.25, 0.3) is 0 Å². The highest BCUT2D eigenvalue weighted by molar-refractivity contribution is 9.10. The number of nitrogens with one attached hydrogen (secondary N) is 1. The maximum atomic E-state index is 3.62. The van der Waals surface area contributed by atoms with Crippen molar-refractivity contribution in [3.8, 4) is 0 Å². The molecule has 100 valence electrons. The first-order chi connectivity index (χ1) is 9.11. The van der Waals surface area contributed by atoms with Crippen molar-refractivity contribution in [3.05, 3.63) is 63.6 Å². The summed E-state index contributed by atoms with van der Waals surface area (Å²) < 4.78 is 1.14. The van der Waals surface area contributed by atoms with Crippen LogP contribution in [0.2, 0.25) is 0 Å². The Morgan fingerprint density at radius 3 is 2.58 bits per heavy atom. The van der Waals surface area contributed by atoms with Gasteiger partial charge in [0.2, 0.25) is 0 Å². The molecule has 0 bridgehead atoms. The molecule has 0 spiro atoms. The molecule has 0 aromatic heterocycles. The van der Waals surface area contributed by atoms with Crippen LogP contribution in [0, 0.1) is 6.92 Å². The first kappa shape index (κ1) is 14.1. The summed E-state index contributed by atoms with van der Waals surface area (Å²) in [7, 11) is 0. The van der Waals surface area contributed by atoms with Crippen LogP contribution in [0.3, 0.4) is 0 Å². The Kier molecular flexibility index (Phi) is 4.65. The van der Waals surface area contributed by atoms with Crippen molar-refractivity contribution >= 4 is 21.6 Å². The second-order valence-electron chi connectivity index (χ2n) is 4.88. The number of anilines is 1. The van der Waals surface area contributed by atoms with E-state index in [-0.39, 0.29) is 0 Å². The van der Waals surface area contributed by atoms with Gasteiger partial charge in [-0.3, -0.25) is 0 Å². The number of aryl methyl sites for hydroxylation is 2. The molecule has 2 heteroatoms. The van der Waals surface area contributed by atoms with Gasteiger partial charge in [0.25, 0.3) is 0 Å². The van der Waals surface area contributed by atoms with Crippen LogP contribution in [0.15, 0.2) is 46.9 Å². The topological polar surface area (TPSA) is 12.0 Å². The van der Waals surface area contributed by atoms with E-state index in [1.165, 1.54) is 22.4 Å². The summed E-state index contributed by atoms with van der Waals surface area (Å²) in [4.78, 5) is 0. The third-order valence-electron chi connectivity index (χ3n) is 3.48. The molecule has 0 radical (unpaired) electrons. The molecule has 0 amide bonds. The molecule has 2 aromatic rings. The van der Waals surface area contributed by atoms with Crippen LogP contribution >= 0.6 is 15.9 Å². The molecule has 0 fully saturated rings. The molecule has 0 saturated carbocycles. The van der Waals surface area contributed by atoms with E-state index in [9.17, 15) is 0 Å². The normalized spacial score (nSPS) is 12.2. The summed E-state index contributed by atoms with van der Waals surface area (Å²) >= 11 is 3.53. The van der Waals surface area contributed by atoms with Crippen molar-refractivity contribution in [1.82, 2.24) is 0 Å². The summed E-state index contributed by atoms with van der Waals surface area (Å²) in [6.07, 6.45) is 1.03. The van der Waals surface area contributed by atoms with E-state index in [1.54, 1.807) is 0 Å². The molecule has 0 aliphatic heterocycles. The van der Waals surface area contributed by atoms with Crippen molar-refractivity contribution < 1.29 is 0 Å². The Hall–Kier alpha value is -1.28. The maximum Gasteiger partial charge on any atom is 0.0488 e. The molecule has 0 heterocycles.